The Morgan fingerprint density at radius 3 is 2.67 bits per heavy atom. The molecule has 1 aliphatic rings. The molecule has 0 atom stereocenters. The van der Waals surface area contributed by atoms with Crippen LogP contribution in [-0.2, 0) is 5.54 Å². The van der Waals surface area contributed by atoms with E-state index in [9.17, 15) is 0 Å². The van der Waals surface area contributed by atoms with Crippen molar-refractivity contribution in [2.75, 3.05) is 7.11 Å². The van der Waals surface area contributed by atoms with E-state index in [4.69, 9.17) is 15.0 Å². The number of methoxy groups -OCH3 is 1. The van der Waals surface area contributed by atoms with Gasteiger partial charge in [0.1, 0.15) is 15.6 Å². The molecule has 0 aliphatic heterocycles. The average molecular weight is 342 g/mol. The molecule has 1 fully saturated rings. The summed E-state index contributed by atoms with van der Waals surface area (Å²) in [5, 5.41) is 5.00. The zero-order valence-electron chi connectivity index (χ0n) is 13.4. The SMILES string of the molecule is COc1ccc(-c2ncc(-c3nc(C4(N)CCCC4)no3)s2)cc1. The van der Waals surface area contributed by atoms with E-state index in [0.717, 1.165) is 46.9 Å². The number of nitrogens with zero attached hydrogens (tertiary/aromatic N) is 3. The highest BCUT2D eigenvalue weighted by Crippen LogP contribution is 2.37. The molecule has 2 aromatic heterocycles. The number of hydrogen-bond acceptors (Lipinski definition) is 7. The van der Waals surface area contributed by atoms with Crippen molar-refractivity contribution < 1.29 is 9.26 Å². The molecule has 6 nitrogen and oxygen atoms in total. The summed E-state index contributed by atoms with van der Waals surface area (Å²) in [5.74, 6) is 1.91. The van der Waals surface area contributed by atoms with Crippen molar-refractivity contribution in [2.45, 2.75) is 31.2 Å². The van der Waals surface area contributed by atoms with Crippen LogP contribution in [-0.4, -0.2) is 22.2 Å². The van der Waals surface area contributed by atoms with Crippen LogP contribution >= 0.6 is 11.3 Å². The van der Waals surface area contributed by atoms with Crippen molar-refractivity contribution in [3.8, 4) is 27.1 Å². The first-order valence-electron chi connectivity index (χ1n) is 7.92. The Morgan fingerprint density at radius 2 is 1.96 bits per heavy atom. The minimum absolute atomic E-state index is 0.439. The van der Waals surface area contributed by atoms with Crippen molar-refractivity contribution in [3.63, 3.8) is 0 Å². The maximum atomic E-state index is 6.39. The fourth-order valence-corrected chi connectivity index (χ4v) is 3.84. The van der Waals surface area contributed by atoms with Crippen LogP contribution in [0, 0.1) is 0 Å². The maximum Gasteiger partial charge on any atom is 0.269 e. The van der Waals surface area contributed by atoms with Crippen molar-refractivity contribution in [3.05, 3.63) is 36.3 Å². The third-order valence-electron chi connectivity index (χ3n) is 4.42. The van der Waals surface area contributed by atoms with E-state index in [2.05, 4.69) is 15.1 Å². The lowest BCUT2D eigenvalue weighted by atomic mass is 9.99. The Balaban J connectivity index is 1.59. The predicted octanol–water partition coefficient (Wildman–Crippen LogP) is 3.60. The van der Waals surface area contributed by atoms with Crippen molar-refractivity contribution in [2.24, 2.45) is 5.73 Å². The fraction of sp³-hybridized carbons (Fsp3) is 0.353. The molecule has 0 bridgehead atoms. The Kier molecular flexibility index (Phi) is 3.82. The highest BCUT2D eigenvalue weighted by atomic mass is 32.1. The van der Waals surface area contributed by atoms with Crippen LogP contribution in [0.1, 0.15) is 31.5 Å². The summed E-state index contributed by atoms with van der Waals surface area (Å²) in [5.41, 5.74) is 6.97. The van der Waals surface area contributed by atoms with Gasteiger partial charge < -0.3 is 15.0 Å². The van der Waals surface area contributed by atoms with Gasteiger partial charge in [-0.05, 0) is 37.1 Å². The molecule has 0 radical (unpaired) electrons. The lowest BCUT2D eigenvalue weighted by Crippen LogP contribution is -2.34. The number of thiazole rings is 1. The summed E-state index contributed by atoms with van der Waals surface area (Å²) in [6, 6.07) is 7.79. The molecular formula is C17H18N4O2S. The quantitative estimate of drug-likeness (QED) is 0.779. The van der Waals surface area contributed by atoms with Gasteiger partial charge in [0, 0.05) is 5.56 Å². The molecule has 2 heterocycles. The summed E-state index contributed by atoms with van der Waals surface area (Å²) >= 11 is 1.52. The molecule has 4 rings (SSSR count). The number of ether oxygens (including phenoxy) is 1. The van der Waals surface area contributed by atoms with Gasteiger partial charge in [-0.15, -0.1) is 11.3 Å². The highest BCUT2D eigenvalue weighted by molar-refractivity contribution is 7.18. The molecule has 1 aromatic carbocycles. The standard InChI is InChI=1S/C17H18N4O2S/c1-22-12-6-4-11(5-7-12)15-19-10-13(24-15)14-20-16(21-23-14)17(18)8-2-3-9-17/h4-7,10H,2-3,8-9,18H2,1H3. The molecule has 1 aliphatic carbocycles. The molecule has 24 heavy (non-hydrogen) atoms. The molecule has 2 N–H and O–H groups in total. The topological polar surface area (TPSA) is 87.1 Å². The van der Waals surface area contributed by atoms with E-state index in [1.807, 2.05) is 24.3 Å². The number of benzene rings is 1. The van der Waals surface area contributed by atoms with Crippen LogP contribution in [0.4, 0.5) is 0 Å². The monoisotopic (exact) mass is 342 g/mol. The minimum atomic E-state index is -0.439. The largest absolute Gasteiger partial charge is 0.497 e. The smallest absolute Gasteiger partial charge is 0.269 e. The van der Waals surface area contributed by atoms with E-state index in [1.54, 1.807) is 13.3 Å². The van der Waals surface area contributed by atoms with Gasteiger partial charge in [0.25, 0.3) is 5.89 Å². The fourth-order valence-electron chi connectivity index (χ4n) is 3.00. The van der Waals surface area contributed by atoms with Gasteiger partial charge in [-0.25, -0.2) is 4.98 Å². The van der Waals surface area contributed by atoms with Gasteiger partial charge >= 0.3 is 0 Å². The summed E-state index contributed by atoms with van der Waals surface area (Å²) in [6.07, 6.45) is 5.81. The number of aromatic nitrogens is 3. The molecule has 0 unspecified atom stereocenters. The van der Waals surface area contributed by atoms with Crippen molar-refractivity contribution in [1.29, 1.82) is 0 Å². The van der Waals surface area contributed by atoms with E-state index in [1.165, 1.54) is 11.3 Å². The zero-order valence-corrected chi connectivity index (χ0v) is 14.2. The molecule has 124 valence electrons. The number of nitrogens with two attached hydrogens (primary N) is 1. The average Bonchev–Trinajstić information content (AvgIpc) is 3.35. The summed E-state index contributed by atoms with van der Waals surface area (Å²) in [7, 11) is 1.65. The third-order valence-corrected chi connectivity index (χ3v) is 5.45. The second-order valence-corrected chi connectivity index (χ2v) is 7.08. The van der Waals surface area contributed by atoms with Gasteiger partial charge in [-0.2, -0.15) is 4.98 Å². The first kappa shape index (κ1) is 15.3. The van der Waals surface area contributed by atoms with Gasteiger partial charge in [-0.3, -0.25) is 0 Å². The number of hydrogen-bond donors (Lipinski definition) is 1. The molecule has 0 amide bonds. The molecule has 7 heteroatoms. The maximum absolute atomic E-state index is 6.39. The predicted molar refractivity (Wildman–Crippen MR) is 91.7 cm³/mol. The Hall–Kier alpha value is -2.25. The van der Waals surface area contributed by atoms with E-state index in [-0.39, 0.29) is 0 Å². The molecule has 0 spiro atoms. The van der Waals surface area contributed by atoms with Crippen LogP contribution in [0.3, 0.4) is 0 Å². The second-order valence-electron chi connectivity index (χ2n) is 6.04. The van der Waals surface area contributed by atoms with Gasteiger partial charge in [0.2, 0.25) is 0 Å². The van der Waals surface area contributed by atoms with E-state index >= 15 is 0 Å². The van der Waals surface area contributed by atoms with Crippen molar-refractivity contribution >= 4 is 11.3 Å². The first-order valence-corrected chi connectivity index (χ1v) is 8.73. The Morgan fingerprint density at radius 1 is 1.21 bits per heavy atom. The second kappa shape index (κ2) is 5.99. The summed E-state index contributed by atoms with van der Waals surface area (Å²) < 4.78 is 10.6. The zero-order chi connectivity index (χ0) is 16.6. The highest BCUT2D eigenvalue weighted by Gasteiger charge is 2.36. The minimum Gasteiger partial charge on any atom is -0.497 e. The lowest BCUT2D eigenvalue weighted by molar-refractivity contribution is 0.373. The van der Waals surface area contributed by atoms with Gasteiger partial charge in [0.15, 0.2) is 5.82 Å². The van der Waals surface area contributed by atoms with Crippen LogP contribution in [0.25, 0.3) is 21.3 Å². The third kappa shape index (κ3) is 2.70. The van der Waals surface area contributed by atoms with Crippen LogP contribution in [0.2, 0.25) is 0 Å². The summed E-state index contributed by atoms with van der Waals surface area (Å²) in [4.78, 5) is 9.83. The lowest BCUT2D eigenvalue weighted by Gasteiger charge is -2.17. The molecular weight excluding hydrogens is 324 g/mol. The van der Waals surface area contributed by atoms with Crippen LogP contribution in [0.15, 0.2) is 35.0 Å². The van der Waals surface area contributed by atoms with Crippen molar-refractivity contribution in [1.82, 2.24) is 15.1 Å². The Labute approximate surface area is 143 Å². The summed E-state index contributed by atoms with van der Waals surface area (Å²) in [6.45, 7) is 0. The normalized spacial score (nSPS) is 16.4. The molecule has 3 aromatic rings. The first-order chi connectivity index (χ1) is 11.7. The van der Waals surface area contributed by atoms with Crippen LogP contribution < -0.4 is 10.5 Å². The van der Waals surface area contributed by atoms with Gasteiger partial charge in [0.05, 0.1) is 18.8 Å². The van der Waals surface area contributed by atoms with Gasteiger partial charge in [-0.1, -0.05) is 18.0 Å². The Bertz CT molecular complexity index is 834. The molecule has 1 saturated carbocycles. The number of rotatable bonds is 4. The van der Waals surface area contributed by atoms with E-state index in [0.29, 0.717) is 11.7 Å². The molecule has 0 saturated heterocycles. The van der Waals surface area contributed by atoms with Crippen LogP contribution in [0.5, 0.6) is 5.75 Å². The van der Waals surface area contributed by atoms with E-state index < -0.39 is 5.54 Å².